The highest BCUT2D eigenvalue weighted by molar-refractivity contribution is 6.04. The van der Waals surface area contributed by atoms with Gasteiger partial charge in [-0.25, -0.2) is 9.98 Å². The van der Waals surface area contributed by atoms with Gasteiger partial charge in [0.2, 0.25) is 5.90 Å². The third-order valence-corrected chi connectivity index (χ3v) is 5.72. The number of benzene rings is 1. The van der Waals surface area contributed by atoms with E-state index in [1.807, 2.05) is 33.2 Å². The van der Waals surface area contributed by atoms with Crippen LogP contribution in [0.5, 0.6) is 0 Å². The number of nitrogens with two attached hydrogens (primary N) is 1. The summed E-state index contributed by atoms with van der Waals surface area (Å²) in [6.07, 6.45) is 5.39. The van der Waals surface area contributed by atoms with Gasteiger partial charge < -0.3 is 20.8 Å². The summed E-state index contributed by atoms with van der Waals surface area (Å²) < 4.78 is 5.35. The molecule has 0 amide bonds. The largest absolute Gasteiger partial charge is 0.425 e. The first kappa shape index (κ1) is 24.3. The molecule has 1 aromatic carbocycles. The summed E-state index contributed by atoms with van der Waals surface area (Å²) in [5.74, 6) is 0.353. The Morgan fingerprint density at radius 1 is 1.30 bits per heavy atom. The number of nitrogens with zero attached hydrogens (tertiary/aromatic N) is 3. The number of H-pyrrole nitrogens is 1. The second kappa shape index (κ2) is 11.5. The molecule has 0 unspecified atom stereocenters. The van der Waals surface area contributed by atoms with E-state index >= 15 is 0 Å². The lowest BCUT2D eigenvalue weighted by atomic mass is 10.0. The highest BCUT2D eigenvalue weighted by atomic mass is 16.5. The topological polar surface area (TPSA) is 139 Å². The number of hydrogen-bond donors (Lipinski definition) is 5. The maximum Gasteiger partial charge on any atom is 0.220 e. The second-order valence-corrected chi connectivity index (χ2v) is 8.43. The standard InChI is InChI=1S/C24H34N8O/c1-16(2)22(26)33-23(27)17-5-4-6-20(13-17)31-24(30-15-25)21-18(7-10-29-21)14-32-11-8-19(28-3)9-12-32/h4-7,10,13,15-16,19,26-29H,8-9,11-12,14H2,1-3H3,(H2,25,30,31). The van der Waals surface area contributed by atoms with E-state index in [0.717, 1.165) is 43.7 Å². The third kappa shape index (κ3) is 6.59. The fourth-order valence-corrected chi connectivity index (χ4v) is 3.71. The molecule has 0 saturated carbocycles. The zero-order chi connectivity index (χ0) is 23.8. The molecule has 6 N–H and O–H groups in total. The van der Waals surface area contributed by atoms with Crippen molar-refractivity contribution in [2.24, 2.45) is 21.6 Å². The molecular weight excluding hydrogens is 416 g/mol. The number of hydrogen-bond acceptors (Lipinski definition) is 6. The van der Waals surface area contributed by atoms with Gasteiger partial charge in [-0.2, -0.15) is 0 Å². The lowest BCUT2D eigenvalue weighted by Gasteiger charge is -2.31. The van der Waals surface area contributed by atoms with Crippen LogP contribution in [0.3, 0.4) is 0 Å². The van der Waals surface area contributed by atoms with Crippen LogP contribution in [-0.4, -0.2) is 60.0 Å². The predicted molar refractivity (Wildman–Crippen MR) is 134 cm³/mol. The van der Waals surface area contributed by atoms with Gasteiger partial charge in [-0.3, -0.25) is 15.7 Å². The Morgan fingerprint density at radius 3 is 2.73 bits per heavy atom. The van der Waals surface area contributed by atoms with E-state index in [-0.39, 0.29) is 17.7 Å². The zero-order valence-corrected chi connectivity index (χ0v) is 19.6. The molecule has 9 heteroatoms. The molecule has 2 heterocycles. The molecule has 2 aromatic rings. The van der Waals surface area contributed by atoms with Gasteiger partial charge in [-0.15, -0.1) is 0 Å². The Hall–Kier alpha value is -3.30. The van der Waals surface area contributed by atoms with E-state index in [1.165, 1.54) is 6.34 Å². The summed E-state index contributed by atoms with van der Waals surface area (Å²) in [4.78, 5) is 14.7. The minimum atomic E-state index is -0.0904. The Kier molecular flexibility index (Phi) is 8.51. The number of aliphatic imine (C=N–C) groups is 2. The SMILES string of the molecule is CNC1CCN(Cc2cc[nH]c2C(N=CN)=Nc2cccc(C(=N)OC(=N)C(C)C)c2)CC1. The third-order valence-electron chi connectivity index (χ3n) is 5.72. The minimum Gasteiger partial charge on any atom is -0.425 e. The van der Waals surface area contributed by atoms with Crippen molar-refractivity contribution in [3.63, 3.8) is 0 Å². The van der Waals surface area contributed by atoms with Crippen molar-refractivity contribution in [2.75, 3.05) is 20.1 Å². The molecule has 33 heavy (non-hydrogen) atoms. The van der Waals surface area contributed by atoms with Crippen LogP contribution in [0.25, 0.3) is 0 Å². The molecule has 0 radical (unpaired) electrons. The van der Waals surface area contributed by atoms with Crippen LogP contribution in [-0.2, 0) is 11.3 Å². The van der Waals surface area contributed by atoms with Crippen molar-refractivity contribution in [1.29, 1.82) is 10.8 Å². The molecule has 0 spiro atoms. The number of likely N-dealkylation sites (tertiary alicyclic amines) is 1. The summed E-state index contributed by atoms with van der Waals surface area (Å²) >= 11 is 0. The van der Waals surface area contributed by atoms with Gasteiger partial charge in [0, 0.05) is 30.3 Å². The lowest BCUT2D eigenvalue weighted by molar-refractivity contribution is 0.194. The number of nitrogens with one attached hydrogen (secondary N) is 4. The normalized spacial score (nSPS) is 15.9. The van der Waals surface area contributed by atoms with Crippen LogP contribution < -0.4 is 11.1 Å². The molecule has 3 rings (SSSR count). The summed E-state index contributed by atoms with van der Waals surface area (Å²) in [6, 6.07) is 9.78. The van der Waals surface area contributed by atoms with Crippen LogP contribution in [0.2, 0.25) is 0 Å². The monoisotopic (exact) mass is 450 g/mol. The summed E-state index contributed by atoms with van der Waals surface area (Å²) in [7, 11) is 2.02. The second-order valence-electron chi connectivity index (χ2n) is 8.43. The number of aromatic nitrogens is 1. The molecular formula is C24H34N8O. The molecule has 1 aromatic heterocycles. The van der Waals surface area contributed by atoms with Crippen LogP contribution in [0.1, 0.15) is 43.5 Å². The van der Waals surface area contributed by atoms with Crippen LogP contribution in [0, 0.1) is 16.7 Å². The quantitative estimate of drug-likeness (QED) is 0.326. The summed E-state index contributed by atoms with van der Waals surface area (Å²) in [5.41, 5.74) is 8.73. The molecule has 176 valence electrons. The van der Waals surface area contributed by atoms with E-state index in [1.54, 1.807) is 18.2 Å². The number of aromatic amines is 1. The highest BCUT2D eigenvalue weighted by Crippen LogP contribution is 2.21. The minimum absolute atomic E-state index is 0.0529. The average molecular weight is 451 g/mol. The van der Waals surface area contributed by atoms with Gasteiger partial charge in [-0.1, -0.05) is 19.9 Å². The highest BCUT2D eigenvalue weighted by Gasteiger charge is 2.20. The van der Waals surface area contributed by atoms with Crippen molar-refractivity contribution < 1.29 is 4.74 Å². The predicted octanol–water partition coefficient (Wildman–Crippen LogP) is 3.24. The molecule has 0 bridgehead atoms. The van der Waals surface area contributed by atoms with E-state index in [9.17, 15) is 0 Å². The fourth-order valence-electron chi connectivity index (χ4n) is 3.71. The molecule has 1 fully saturated rings. The summed E-state index contributed by atoms with van der Waals surface area (Å²) in [6.45, 7) is 6.59. The lowest BCUT2D eigenvalue weighted by Crippen LogP contribution is -2.40. The van der Waals surface area contributed by atoms with Crippen molar-refractivity contribution in [1.82, 2.24) is 15.2 Å². The molecule has 1 saturated heterocycles. The Bertz CT molecular complexity index is 1010. The van der Waals surface area contributed by atoms with Gasteiger partial charge >= 0.3 is 0 Å². The van der Waals surface area contributed by atoms with Crippen molar-refractivity contribution in [3.8, 4) is 0 Å². The van der Waals surface area contributed by atoms with Crippen molar-refractivity contribution in [3.05, 3.63) is 53.3 Å². The smallest absolute Gasteiger partial charge is 0.220 e. The first-order chi connectivity index (χ1) is 15.9. The van der Waals surface area contributed by atoms with E-state index in [0.29, 0.717) is 23.1 Å². The van der Waals surface area contributed by atoms with E-state index in [2.05, 4.69) is 26.3 Å². The number of piperidine rings is 1. The van der Waals surface area contributed by atoms with Crippen LogP contribution in [0.15, 0.2) is 46.5 Å². The zero-order valence-electron chi connectivity index (χ0n) is 19.6. The number of ether oxygens (including phenoxy) is 1. The van der Waals surface area contributed by atoms with E-state index in [4.69, 9.17) is 26.3 Å². The van der Waals surface area contributed by atoms with Gasteiger partial charge in [0.1, 0.15) is 0 Å². The van der Waals surface area contributed by atoms with Gasteiger partial charge in [0.05, 0.1) is 17.7 Å². The summed E-state index contributed by atoms with van der Waals surface area (Å²) in [5, 5.41) is 19.4. The number of amidine groups is 1. The molecule has 1 aliphatic rings. The maximum atomic E-state index is 8.18. The average Bonchev–Trinajstić information content (AvgIpc) is 3.27. The van der Waals surface area contributed by atoms with Gasteiger partial charge in [-0.05, 0) is 62.8 Å². The molecule has 1 aliphatic heterocycles. The first-order valence-electron chi connectivity index (χ1n) is 11.3. The van der Waals surface area contributed by atoms with Gasteiger partial charge in [0.25, 0.3) is 0 Å². The maximum absolute atomic E-state index is 8.18. The molecule has 0 aliphatic carbocycles. The fraction of sp³-hybridized carbons (Fsp3) is 0.417. The van der Waals surface area contributed by atoms with Crippen molar-refractivity contribution >= 4 is 29.7 Å². The Labute approximate surface area is 195 Å². The first-order valence-corrected chi connectivity index (χ1v) is 11.3. The molecule has 9 nitrogen and oxygen atoms in total. The van der Waals surface area contributed by atoms with Crippen molar-refractivity contribution in [2.45, 2.75) is 39.3 Å². The van der Waals surface area contributed by atoms with Gasteiger partial charge in [0.15, 0.2) is 11.7 Å². The number of rotatable bonds is 7. The van der Waals surface area contributed by atoms with Crippen LogP contribution >= 0.6 is 0 Å². The molecule has 0 atom stereocenters. The van der Waals surface area contributed by atoms with E-state index < -0.39 is 0 Å². The van der Waals surface area contributed by atoms with Crippen LogP contribution in [0.4, 0.5) is 5.69 Å². The Morgan fingerprint density at radius 2 is 2.06 bits per heavy atom. The Balaban J connectivity index is 1.80.